The number of methoxy groups -OCH3 is 1. The minimum absolute atomic E-state index is 0. The van der Waals surface area contributed by atoms with Gasteiger partial charge in [0.25, 0.3) is 0 Å². The highest BCUT2D eigenvalue weighted by molar-refractivity contribution is 7.89. The molecular weight excluding hydrogens is 240 g/mol. The van der Waals surface area contributed by atoms with Gasteiger partial charge in [-0.3, -0.25) is 0 Å². The molecular formula is C8H19ClN2O3S. The number of hydrogen-bond acceptors (Lipinski definition) is 4. The number of hydrogen-bond donors (Lipinski definition) is 2. The SMILES string of the molecule is COCCS(=O)(=O)N[C@H]1CCCNC1.Cl. The van der Waals surface area contributed by atoms with Gasteiger partial charge in [0.1, 0.15) is 0 Å². The van der Waals surface area contributed by atoms with E-state index in [1.165, 1.54) is 7.11 Å². The Morgan fingerprint density at radius 3 is 2.80 bits per heavy atom. The first-order chi connectivity index (χ1) is 6.64. The average molecular weight is 259 g/mol. The average Bonchev–Trinajstić information content (AvgIpc) is 2.16. The second kappa shape index (κ2) is 7.40. The predicted molar refractivity (Wildman–Crippen MR) is 61.9 cm³/mol. The van der Waals surface area contributed by atoms with Crippen LogP contribution >= 0.6 is 12.4 Å². The molecule has 0 aromatic heterocycles. The Morgan fingerprint density at radius 1 is 1.53 bits per heavy atom. The molecule has 1 aliphatic rings. The lowest BCUT2D eigenvalue weighted by atomic mass is 10.1. The van der Waals surface area contributed by atoms with Crippen molar-refractivity contribution in [2.45, 2.75) is 18.9 Å². The summed E-state index contributed by atoms with van der Waals surface area (Å²) in [5, 5.41) is 3.16. The van der Waals surface area contributed by atoms with Gasteiger partial charge in [0.2, 0.25) is 10.0 Å². The van der Waals surface area contributed by atoms with Gasteiger partial charge in [-0.05, 0) is 19.4 Å². The van der Waals surface area contributed by atoms with Crippen molar-refractivity contribution in [1.82, 2.24) is 10.0 Å². The zero-order valence-corrected chi connectivity index (χ0v) is 10.5. The molecule has 1 fully saturated rings. The zero-order valence-electron chi connectivity index (χ0n) is 8.86. The molecule has 0 spiro atoms. The summed E-state index contributed by atoms with van der Waals surface area (Å²) in [6.45, 7) is 1.96. The standard InChI is InChI=1S/C8H18N2O3S.ClH/c1-13-5-6-14(11,12)10-8-3-2-4-9-7-8;/h8-10H,2-7H2,1H3;1H/t8-;/m0./s1. The third-order valence-electron chi connectivity index (χ3n) is 2.20. The fourth-order valence-electron chi connectivity index (χ4n) is 1.46. The summed E-state index contributed by atoms with van der Waals surface area (Å²) in [6, 6.07) is 0.0469. The first-order valence-corrected chi connectivity index (χ1v) is 6.49. The molecule has 0 unspecified atom stereocenters. The number of ether oxygens (including phenoxy) is 1. The summed E-state index contributed by atoms with van der Waals surface area (Å²) in [7, 11) is -1.66. The summed E-state index contributed by atoms with van der Waals surface area (Å²) in [6.07, 6.45) is 1.94. The van der Waals surface area contributed by atoms with E-state index in [1.807, 2.05) is 0 Å². The van der Waals surface area contributed by atoms with E-state index in [0.717, 1.165) is 25.9 Å². The molecule has 2 N–H and O–H groups in total. The number of piperidine rings is 1. The van der Waals surface area contributed by atoms with E-state index in [2.05, 4.69) is 10.0 Å². The number of sulfonamides is 1. The van der Waals surface area contributed by atoms with Crippen LogP contribution in [0.3, 0.4) is 0 Å². The lowest BCUT2D eigenvalue weighted by Crippen LogP contribution is -2.46. The Hall–Kier alpha value is 0.120. The molecule has 0 radical (unpaired) electrons. The lowest BCUT2D eigenvalue weighted by molar-refractivity contribution is 0.216. The Bertz CT molecular complexity index is 253. The highest BCUT2D eigenvalue weighted by Crippen LogP contribution is 2.02. The van der Waals surface area contributed by atoms with E-state index < -0.39 is 10.0 Å². The van der Waals surface area contributed by atoms with Crippen molar-refractivity contribution >= 4 is 22.4 Å². The quantitative estimate of drug-likeness (QED) is 0.712. The van der Waals surface area contributed by atoms with Crippen LogP contribution in [-0.2, 0) is 14.8 Å². The normalized spacial score (nSPS) is 22.1. The van der Waals surface area contributed by atoms with Crippen LogP contribution in [0.15, 0.2) is 0 Å². The molecule has 1 aliphatic heterocycles. The molecule has 1 rings (SSSR count). The summed E-state index contributed by atoms with van der Waals surface area (Å²) < 4.78 is 30.3. The van der Waals surface area contributed by atoms with Crippen LogP contribution in [0.25, 0.3) is 0 Å². The van der Waals surface area contributed by atoms with Gasteiger partial charge in [0.05, 0.1) is 12.4 Å². The Morgan fingerprint density at radius 2 is 2.27 bits per heavy atom. The third-order valence-corrected chi connectivity index (χ3v) is 3.60. The van der Waals surface area contributed by atoms with E-state index >= 15 is 0 Å². The molecule has 0 bridgehead atoms. The minimum atomic E-state index is -3.16. The fraction of sp³-hybridized carbons (Fsp3) is 1.00. The summed E-state index contributed by atoms with van der Waals surface area (Å²) in [5.74, 6) is 0.0417. The van der Waals surface area contributed by atoms with Crippen LogP contribution in [0.1, 0.15) is 12.8 Å². The molecule has 0 aromatic rings. The van der Waals surface area contributed by atoms with E-state index in [-0.39, 0.29) is 30.8 Å². The van der Waals surface area contributed by atoms with Crippen LogP contribution in [0, 0.1) is 0 Å². The maximum atomic E-state index is 11.4. The monoisotopic (exact) mass is 258 g/mol. The van der Waals surface area contributed by atoms with Gasteiger partial charge < -0.3 is 10.1 Å². The zero-order chi connectivity index (χ0) is 10.4. The van der Waals surface area contributed by atoms with Gasteiger partial charge in [0, 0.05) is 19.7 Å². The molecule has 92 valence electrons. The van der Waals surface area contributed by atoms with Crippen molar-refractivity contribution < 1.29 is 13.2 Å². The van der Waals surface area contributed by atoms with Crippen molar-refractivity contribution in [2.24, 2.45) is 0 Å². The van der Waals surface area contributed by atoms with E-state index in [9.17, 15) is 8.42 Å². The van der Waals surface area contributed by atoms with E-state index in [0.29, 0.717) is 0 Å². The van der Waals surface area contributed by atoms with Crippen LogP contribution in [0.4, 0.5) is 0 Å². The van der Waals surface area contributed by atoms with Gasteiger partial charge in [-0.2, -0.15) is 0 Å². The van der Waals surface area contributed by atoms with Gasteiger partial charge in [-0.25, -0.2) is 13.1 Å². The highest BCUT2D eigenvalue weighted by Gasteiger charge is 2.19. The highest BCUT2D eigenvalue weighted by atomic mass is 35.5. The summed E-state index contributed by atoms with van der Waals surface area (Å²) >= 11 is 0. The smallest absolute Gasteiger partial charge is 0.214 e. The van der Waals surface area contributed by atoms with Crippen molar-refractivity contribution in [2.75, 3.05) is 32.6 Å². The van der Waals surface area contributed by atoms with E-state index in [1.54, 1.807) is 0 Å². The molecule has 0 aromatic carbocycles. The Kier molecular flexibility index (Phi) is 7.46. The molecule has 1 saturated heterocycles. The fourth-order valence-corrected chi connectivity index (χ4v) is 2.67. The maximum absolute atomic E-state index is 11.4. The third kappa shape index (κ3) is 6.32. The van der Waals surface area contributed by atoms with E-state index in [4.69, 9.17) is 4.74 Å². The Balaban J connectivity index is 0.00000196. The molecule has 1 atom stereocenters. The molecule has 15 heavy (non-hydrogen) atoms. The minimum Gasteiger partial charge on any atom is -0.384 e. The number of halogens is 1. The Labute approximate surface area is 97.4 Å². The number of rotatable bonds is 5. The largest absolute Gasteiger partial charge is 0.384 e. The predicted octanol–water partition coefficient (Wildman–Crippen LogP) is -0.274. The van der Waals surface area contributed by atoms with Crippen molar-refractivity contribution in [3.63, 3.8) is 0 Å². The van der Waals surface area contributed by atoms with Gasteiger partial charge >= 0.3 is 0 Å². The van der Waals surface area contributed by atoms with Crippen LogP contribution in [0.5, 0.6) is 0 Å². The summed E-state index contributed by atoms with van der Waals surface area (Å²) in [5.41, 5.74) is 0. The van der Waals surface area contributed by atoms with Crippen LogP contribution < -0.4 is 10.0 Å². The van der Waals surface area contributed by atoms with Crippen molar-refractivity contribution in [1.29, 1.82) is 0 Å². The van der Waals surface area contributed by atoms with Crippen LogP contribution in [0.2, 0.25) is 0 Å². The molecule has 0 amide bonds. The molecule has 0 saturated carbocycles. The maximum Gasteiger partial charge on any atom is 0.214 e. The first-order valence-electron chi connectivity index (χ1n) is 4.84. The summed E-state index contributed by atoms with van der Waals surface area (Å²) in [4.78, 5) is 0. The van der Waals surface area contributed by atoms with Crippen molar-refractivity contribution in [3.8, 4) is 0 Å². The van der Waals surface area contributed by atoms with Crippen LogP contribution in [-0.4, -0.2) is 47.0 Å². The second-order valence-corrected chi connectivity index (χ2v) is 5.35. The lowest BCUT2D eigenvalue weighted by Gasteiger charge is -2.23. The topological polar surface area (TPSA) is 67.4 Å². The van der Waals surface area contributed by atoms with Crippen molar-refractivity contribution in [3.05, 3.63) is 0 Å². The molecule has 5 nitrogen and oxygen atoms in total. The molecule has 0 aliphatic carbocycles. The first kappa shape index (κ1) is 15.1. The second-order valence-electron chi connectivity index (χ2n) is 3.47. The molecule has 1 heterocycles. The van der Waals surface area contributed by atoms with Gasteiger partial charge in [-0.1, -0.05) is 0 Å². The number of nitrogens with one attached hydrogen (secondary N) is 2. The van der Waals surface area contributed by atoms with Gasteiger partial charge in [-0.15, -0.1) is 12.4 Å². The molecule has 7 heteroatoms. The van der Waals surface area contributed by atoms with Gasteiger partial charge in [0.15, 0.2) is 0 Å².